The molecule has 7 heteroatoms. The molecule has 1 fully saturated rings. The fraction of sp³-hybridized carbons (Fsp3) is 0.875. The van der Waals surface area contributed by atoms with Crippen molar-refractivity contribution in [3.63, 3.8) is 0 Å². The number of carboxylic acids is 1. The van der Waals surface area contributed by atoms with Crippen molar-refractivity contribution in [1.82, 2.24) is 0 Å². The van der Waals surface area contributed by atoms with E-state index in [1.54, 1.807) is 0 Å². The zero-order chi connectivity index (χ0) is 11.7. The van der Waals surface area contributed by atoms with Gasteiger partial charge < -0.3 is 14.9 Å². The van der Waals surface area contributed by atoms with E-state index in [1.807, 2.05) is 0 Å². The second-order valence-corrected chi connectivity index (χ2v) is 3.59. The number of aliphatic hydroxyl groups excluding tert-OH is 1. The molecule has 1 saturated heterocycles. The minimum absolute atomic E-state index is 0.0839. The smallest absolute Gasteiger partial charge is 0.390 e. The van der Waals surface area contributed by atoms with Crippen LogP contribution in [-0.4, -0.2) is 41.7 Å². The highest BCUT2D eigenvalue weighted by molar-refractivity contribution is 5.75. The van der Waals surface area contributed by atoms with Crippen LogP contribution in [0.5, 0.6) is 0 Å². The molecule has 1 aliphatic heterocycles. The molecule has 0 aromatic rings. The fourth-order valence-corrected chi connectivity index (χ4v) is 1.66. The Morgan fingerprint density at radius 3 is 2.53 bits per heavy atom. The summed E-state index contributed by atoms with van der Waals surface area (Å²) in [6, 6.07) is 0. The van der Waals surface area contributed by atoms with Crippen molar-refractivity contribution in [1.29, 1.82) is 0 Å². The summed E-state index contributed by atoms with van der Waals surface area (Å²) in [4.78, 5) is 10.8. The standard InChI is InChI=1S/C8H11F3O4/c9-8(10,11)4-7(6(13)14)1-2-15-3-5(7)12/h5,12H,1-4H2,(H,13,14). The molecule has 4 nitrogen and oxygen atoms in total. The Labute approximate surface area is 83.6 Å². The fourth-order valence-electron chi connectivity index (χ4n) is 1.66. The molecule has 0 saturated carbocycles. The molecule has 1 rings (SSSR count). The molecule has 0 bridgehead atoms. The van der Waals surface area contributed by atoms with Gasteiger partial charge >= 0.3 is 12.1 Å². The summed E-state index contributed by atoms with van der Waals surface area (Å²) in [6.07, 6.45) is -8.09. The van der Waals surface area contributed by atoms with Crippen LogP contribution in [0.25, 0.3) is 0 Å². The Morgan fingerprint density at radius 1 is 1.53 bits per heavy atom. The summed E-state index contributed by atoms with van der Waals surface area (Å²) in [7, 11) is 0. The molecule has 2 atom stereocenters. The molecule has 1 heterocycles. The normalized spacial score (nSPS) is 32.7. The summed E-state index contributed by atoms with van der Waals surface area (Å²) in [5.41, 5.74) is -2.16. The zero-order valence-corrected chi connectivity index (χ0v) is 7.75. The van der Waals surface area contributed by atoms with Gasteiger partial charge in [0.2, 0.25) is 0 Å². The maximum Gasteiger partial charge on any atom is 0.390 e. The first-order valence-electron chi connectivity index (χ1n) is 4.34. The van der Waals surface area contributed by atoms with Gasteiger partial charge in [-0.1, -0.05) is 0 Å². The van der Waals surface area contributed by atoms with Crippen LogP contribution < -0.4 is 0 Å². The van der Waals surface area contributed by atoms with Gasteiger partial charge in [0, 0.05) is 6.61 Å². The average Bonchev–Trinajstić information content (AvgIpc) is 2.06. The zero-order valence-electron chi connectivity index (χ0n) is 7.75. The Hall–Kier alpha value is -0.820. The molecular formula is C8H11F3O4. The van der Waals surface area contributed by atoms with E-state index in [4.69, 9.17) is 9.84 Å². The quantitative estimate of drug-likeness (QED) is 0.733. The number of hydrogen-bond acceptors (Lipinski definition) is 3. The van der Waals surface area contributed by atoms with Crippen molar-refractivity contribution in [2.75, 3.05) is 13.2 Å². The molecule has 0 spiro atoms. The van der Waals surface area contributed by atoms with Gasteiger partial charge in [0.05, 0.1) is 19.1 Å². The lowest BCUT2D eigenvalue weighted by molar-refractivity contribution is -0.209. The van der Waals surface area contributed by atoms with Gasteiger partial charge in [-0.25, -0.2) is 0 Å². The van der Waals surface area contributed by atoms with Crippen molar-refractivity contribution >= 4 is 5.97 Å². The Kier molecular flexibility index (Phi) is 3.25. The van der Waals surface area contributed by atoms with Crippen LogP contribution in [-0.2, 0) is 9.53 Å². The second kappa shape index (κ2) is 3.97. The number of hydrogen-bond donors (Lipinski definition) is 2. The van der Waals surface area contributed by atoms with Crippen LogP contribution in [0.15, 0.2) is 0 Å². The van der Waals surface area contributed by atoms with E-state index in [1.165, 1.54) is 0 Å². The molecule has 0 radical (unpaired) electrons. The van der Waals surface area contributed by atoms with E-state index in [9.17, 15) is 23.1 Å². The molecular weight excluding hydrogens is 217 g/mol. The molecule has 2 N–H and O–H groups in total. The minimum Gasteiger partial charge on any atom is -0.481 e. The van der Waals surface area contributed by atoms with Gasteiger partial charge in [-0.05, 0) is 6.42 Å². The van der Waals surface area contributed by atoms with E-state index >= 15 is 0 Å². The number of ether oxygens (including phenoxy) is 1. The van der Waals surface area contributed by atoms with Gasteiger partial charge in [-0.15, -0.1) is 0 Å². The SMILES string of the molecule is O=C(O)C1(CC(F)(F)F)CCOCC1O. The number of carboxylic acid groups (broad SMARTS) is 1. The highest BCUT2D eigenvalue weighted by Crippen LogP contribution is 2.41. The van der Waals surface area contributed by atoms with E-state index < -0.39 is 30.1 Å². The van der Waals surface area contributed by atoms with Crippen molar-refractivity contribution < 1.29 is 32.9 Å². The monoisotopic (exact) mass is 228 g/mol. The average molecular weight is 228 g/mol. The largest absolute Gasteiger partial charge is 0.481 e. The van der Waals surface area contributed by atoms with Gasteiger partial charge in [-0.2, -0.15) is 13.2 Å². The maximum absolute atomic E-state index is 12.2. The highest BCUT2D eigenvalue weighted by atomic mass is 19.4. The number of rotatable bonds is 2. The van der Waals surface area contributed by atoms with Crippen molar-refractivity contribution in [3.8, 4) is 0 Å². The molecule has 0 aromatic heterocycles. The summed E-state index contributed by atoms with van der Waals surface area (Å²) < 4.78 is 41.3. The molecule has 15 heavy (non-hydrogen) atoms. The predicted molar refractivity (Wildman–Crippen MR) is 42.2 cm³/mol. The van der Waals surface area contributed by atoms with E-state index in [2.05, 4.69) is 0 Å². The summed E-state index contributed by atoms with van der Waals surface area (Å²) >= 11 is 0. The number of halogens is 3. The van der Waals surface area contributed by atoms with Gasteiger partial charge in [0.15, 0.2) is 0 Å². The molecule has 0 amide bonds. The number of aliphatic hydroxyl groups is 1. The first-order chi connectivity index (χ1) is 6.78. The van der Waals surface area contributed by atoms with Crippen LogP contribution in [0.2, 0.25) is 0 Å². The molecule has 0 aromatic carbocycles. The molecule has 1 aliphatic rings. The molecule has 88 valence electrons. The third-order valence-corrected chi connectivity index (χ3v) is 2.55. The summed E-state index contributed by atoms with van der Waals surface area (Å²) in [5, 5.41) is 18.2. The number of carbonyl (C=O) groups is 1. The van der Waals surface area contributed by atoms with Crippen LogP contribution in [0.1, 0.15) is 12.8 Å². The van der Waals surface area contributed by atoms with Crippen molar-refractivity contribution in [2.24, 2.45) is 5.41 Å². The van der Waals surface area contributed by atoms with Crippen LogP contribution >= 0.6 is 0 Å². The summed E-state index contributed by atoms with van der Waals surface area (Å²) in [5.74, 6) is -1.63. The number of aliphatic carboxylic acids is 1. The van der Waals surface area contributed by atoms with E-state index in [0.29, 0.717) is 0 Å². The van der Waals surface area contributed by atoms with E-state index in [0.717, 1.165) is 0 Å². The van der Waals surface area contributed by atoms with Gasteiger partial charge in [0.25, 0.3) is 0 Å². The van der Waals surface area contributed by atoms with Crippen LogP contribution in [0.3, 0.4) is 0 Å². The van der Waals surface area contributed by atoms with Crippen LogP contribution in [0, 0.1) is 5.41 Å². The lowest BCUT2D eigenvalue weighted by Crippen LogP contribution is -2.51. The van der Waals surface area contributed by atoms with Crippen molar-refractivity contribution in [3.05, 3.63) is 0 Å². The second-order valence-electron chi connectivity index (χ2n) is 3.59. The Bertz CT molecular complexity index is 253. The van der Waals surface area contributed by atoms with Gasteiger partial charge in [0.1, 0.15) is 5.41 Å². The third kappa shape index (κ3) is 2.60. The lowest BCUT2D eigenvalue weighted by atomic mass is 9.75. The topological polar surface area (TPSA) is 66.8 Å². The first kappa shape index (κ1) is 12.3. The maximum atomic E-state index is 12.2. The first-order valence-corrected chi connectivity index (χ1v) is 4.34. The molecule has 2 unspecified atom stereocenters. The summed E-state index contributed by atoms with van der Waals surface area (Å²) in [6.45, 7) is -0.457. The predicted octanol–water partition coefficient (Wildman–Crippen LogP) is 0.791. The Balaban J connectivity index is 2.91. The highest BCUT2D eigenvalue weighted by Gasteiger charge is 2.53. The van der Waals surface area contributed by atoms with E-state index in [-0.39, 0.29) is 19.6 Å². The molecule has 0 aliphatic carbocycles. The lowest BCUT2D eigenvalue weighted by Gasteiger charge is -2.37. The third-order valence-electron chi connectivity index (χ3n) is 2.55. The number of alkyl halides is 3. The Morgan fingerprint density at radius 2 is 2.13 bits per heavy atom. The van der Waals surface area contributed by atoms with Crippen molar-refractivity contribution in [2.45, 2.75) is 25.1 Å². The minimum atomic E-state index is -4.61. The van der Waals surface area contributed by atoms with Gasteiger partial charge in [-0.3, -0.25) is 4.79 Å². The van der Waals surface area contributed by atoms with Crippen LogP contribution in [0.4, 0.5) is 13.2 Å².